The Labute approximate surface area is 95.4 Å². The molecule has 92 valence electrons. The number of rotatable bonds is 12. The molecule has 0 unspecified atom stereocenters. The lowest BCUT2D eigenvalue weighted by atomic mass is 10.1. The quantitative estimate of drug-likeness (QED) is 0.376. The van der Waals surface area contributed by atoms with Crippen molar-refractivity contribution >= 4 is 0 Å². The zero-order valence-electron chi connectivity index (χ0n) is 10.4. The van der Waals surface area contributed by atoms with Crippen molar-refractivity contribution in [3.8, 4) is 0 Å². The van der Waals surface area contributed by atoms with Gasteiger partial charge in [0.25, 0.3) is 0 Å². The Morgan fingerprint density at radius 2 is 1.07 bits per heavy atom. The molecule has 0 radical (unpaired) electrons. The van der Waals surface area contributed by atoms with Crippen LogP contribution in [-0.2, 0) is 0 Å². The average Bonchev–Trinajstić information content (AvgIpc) is 2.26. The van der Waals surface area contributed by atoms with E-state index in [4.69, 9.17) is 5.21 Å². The molecule has 0 saturated heterocycles. The molecular weight excluding hydrogens is 186 g/mol. The van der Waals surface area contributed by atoms with Crippen LogP contribution in [-0.4, -0.2) is 11.8 Å². The van der Waals surface area contributed by atoms with Gasteiger partial charge in [0.2, 0.25) is 0 Å². The third-order valence-electron chi connectivity index (χ3n) is 2.89. The van der Waals surface area contributed by atoms with Crippen LogP contribution in [0.15, 0.2) is 0 Å². The van der Waals surface area contributed by atoms with E-state index in [1.54, 1.807) is 0 Å². The first-order valence-corrected chi connectivity index (χ1v) is 6.78. The van der Waals surface area contributed by atoms with E-state index < -0.39 is 0 Å². The van der Waals surface area contributed by atoms with Gasteiger partial charge in [-0.2, -0.15) is 0 Å². The number of hydrogen-bond donors (Lipinski definition) is 2. The summed E-state index contributed by atoms with van der Waals surface area (Å²) in [4.78, 5) is 0. The van der Waals surface area contributed by atoms with Crippen LogP contribution in [0, 0.1) is 0 Å². The van der Waals surface area contributed by atoms with Gasteiger partial charge in [-0.1, -0.05) is 71.1 Å². The molecule has 0 aromatic rings. The van der Waals surface area contributed by atoms with Crippen LogP contribution in [0.2, 0.25) is 0 Å². The molecular formula is C13H29NO. The molecule has 0 heterocycles. The van der Waals surface area contributed by atoms with Gasteiger partial charge in [-0.05, 0) is 6.42 Å². The molecule has 0 aromatic carbocycles. The molecule has 0 fully saturated rings. The summed E-state index contributed by atoms with van der Waals surface area (Å²) in [5.41, 5.74) is 2.20. The third kappa shape index (κ3) is 13.9. The van der Waals surface area contributed by atoms with Gasteiger partial charge < -0.3 is 5.21 Å². The molecule has 0 aromatic heterocycles. The van der Waals surface area contributed by atoms with Crippen LogP contribution in [0.3, 0.4) is 0 Å². The van der Waals surface area contributed by atoms with Crippen molar-refractivity contribution in [2.24, 2.45) is 0 Å². The minimum atomic E-state index is 0.747. The van der Waals surface area contributed by atoms with Crippen molar-refractivity contribution in [3.63, 3.8) is 0 Å². The van der Waals surface area contributed by atoms with Gasteiger partial charge in [-0.15, -0.1) is 0 Å². The highest BCUT2D eigenvalue weighted by Crippen LogP contribution is 2.10. The van der Waals surface area contributed by atoms with Crippen molar-refractivity contribution < 1.29 is 5.21 Å². The molecule has 0 aliphatic rings. The Morgan fingerprint density at radius 1 is 0.667 bits per heavy atom. The zero-order chi connectivity index (χ0) is 11.2. The maximum atomic E-state index is 8.36. The first kappa shape index (κ1) is 14.9. The zero-order valence-corrected chi connectivity index (χ0v) is 10.4. The number of nitrogens with one attached hydrogen (secondary N) is 1. The normalized spacial score (nSPS) is 10.8. The maximum absolute atomic E-state index is 8.36. The predicted octanol–water partition coefficient (Wildman–Crippen LogP) is 4.28. The van der Waals surface area contributed by atoms with Crippen molar-refractivity contribution in [1.82, 2.24) is 5.48 Å². The van der Waals surface area contributed by atoms with Gasteiger partial charge in [0.05, 0.1) is 0 Å². The minimum Gasteiger partial charge on any atom is -0.317 e. The summed E-state index contributed by atoms with van der Waals surface area (Å²) in [5.74, 6) is 0. The molecule has 15 heavy (non-hydrogen) atoms. The monoisotopic (exact) mass is 215 g/mol. The Bertz CT molecular complexity index is 94.7. The fourth-order valence-corrected chi connectivity index (χ4v) is 1.87. The minimum absolute atomic E-state index is 0.747. The SMILES string of the molecule is CCCCCCCCCCCCCNO. The van der Waals surface area contributed by atoms with Gasteiger partial charge in [0.1, 0.15) is 0 Å². The molecule has 0 bridgehead atoms. The van der Waals surface area contributed by atoms with Crippen molar-refractivity contribution in [2.45, 2.75) is 77.6 Å². The Morgan fingerprint density at radius 3 is 1.47 bits per heavy atom. The van der Waals surface area contributed by atoms with E-state index in [2.05, 4.69) is 12.4 Å². The summed E-state index contributed by atoms with van der Waals surface area (Å²) in [6.07, 6.45) is 14.9. The maximum Gasteiger partial charge on any atom is 0.0207 e. The van der Waals surface area contributed by atoms with Crippen LogP contribution in [0.1, 0.15) is 77.6 Å². The summed E-state index contributed by atoms with van der Waals surface area (Å²) in [6.45, 7) is 3.01. The Balaban J connectivity index is 2.81. The third-order valence-corrected chi connectivity index (χ3v) is 2.89. The van der Waals surface area contributed by atoms with E-state index >= 15 is 0 Å². The van der Waals surface area contributed by atoms with Crippen molar-refractivity contribution in [3.05, 3.63) is 0 Å². The van der Waals surface area contributed by atoms with E-state index in [0.29, 0.717) is 0 Å². The summed E-state index contributed by atoms with van der Waals surface area (Å²) in [7, 11) is 0. The molecule has 0 amide bonds. The Hall–Kier alpha value is -0.0800. The highest BCUT2D eigenvalue weighted by atomic mass is 16.5. The van der Waals surface area contributed by atoms with Crippen LogP contribution < -0.4 is 5.48 Å². The van der Waals surface area contributed by atoms with Gasteiger partial charge in [-0.25, -0.2) is 5.48 Å². The largest absolute Gasteiger partial charge is 0.317 e. The molecule has 0 saturated carbocycles. The predicted molar refractivity (Wildman–Crippen MR) is 66.3 cm³/mol. The first-order valence-electron chi connectivity index (χ1n) is 6.78. The van der Waals surface area contributed by atoms with E-state index in [1.165, 1.54) is 64.2 Å². The molecule has 0 aliphatic heterocycles. The van der Waals surface area contributed by atoms with E-state index in [-0.39, 0.29) is 0 Å². The molecule has 0 rings (SSSR count). The second-order valence-electron chi connectivity index (χ2n) is 4.44. The topological polar surface area (TPSA) is 32.3 Å². The fraction of sp³-hybridized carbons (Fsp3) is 1.00. The number of hydroxylamine groups is 1. The highest BCUT2D eigenvalue weighted by molar-refractivity contribution is 4.48. The van der Waals surface area contributed by atoms with Crippen molar-refractivity contribution in [2.75, 3.05) is 6.54 Å². The van der Waals surface area contributed by atoms with E-state index in [1.807, 2.05) is 0 Å². The van der Waals surface area contributed by atoms with Crippen LogP contribution >= 0.6 is 0 Å². The molecule has 0 atom stereocenters. The molecule has 2 heteroatoms. The first-order chi connectivity index (χ1) is 7.41. The molecule has 2 N–H and O–H groups in total. The second-order valence-corrected chi connectivity index (χ2v) is 4.44. The van der Waals surface area contributed by atoms with Crippen LogP contribution in [0.25, 0.3) is 0 Å². The fourth-order valence-electron chi connectivity index (χ4n) is 1.87. The number of hydrogen-bond acceptors (Lipinski definition) is 2. The molecule has 0 aliphatic carbocycles. The van der Waals surface area contributed by atoms with E-state index in [0.717, 1.165) is 13.0 Å². The highest BCUT2D eigenvalue weighted by Gasteiger charge is 1.92. The lowest BCUT2D eigenvalue weighted by molar-refractivity contribution is 0.164. The standard InChI is InChI=1S/C13H29NO/c1-2-3-4-5-6-7-8-9-10-11-12-13-14-15/h14-15H,2-13H2,1H3. The van der Waals surface area contributed by atoms with E-state index in [9.17, 15) is 0 Å². The van der Waals surface area contributed by atoms with Gasteiger partial charge in [-0.3, -0.25) is 0 Å². The molecule has 2 nitrogen and oxygen atoms in total. The van der Waals surface area contributed by atoms with Gasteiger partial charge in [0, 0.05) is 6.54 Å². The van der Waals surface area contributed by atoms with Crippen LogP contribution in [0.4, 0.5) is 0 Å². The average molecular weight is 215 g/mol. The van der Waals surface area contributed by atoms with Crippen LogP contribution in [0.5, 0.6) is 0 Å². The van der Waals surface area contributed by atoms with Gasteiger partial charge >= 0.3 is 0 Å². The Kier molecular flexibility index (Phi) is 13.8. The van der Waals surface area contributed by atoms with Crippen molar-refractivity contribution in [1.29, 1.82) is 0 Å². The smallest absolute Gasteiger partial charge is 0.0207 e. The number of unbranched alkanes of at least 4 members (excludes halogenated alkanes) is 10. The lowest BCUT2D eigenvalue weighted by Gasteiger charge is -2.02. The second kappa shape index (κ2) is 13.9. The lowest BCUT2D eigenvalue weighted by Crippen LogP contribution is -2.07. The van der Waals surface area contributed by atoms with Gasteiger partial charge in [0.15, 0.2) is 0 Å². The summed E-state index contributed by atoms with van der Waals surface area (Å²) in [6, 6.07) is 0. The molecule has 0 spiro atoms. The summed E-state index contributed by atoms with van der Waals surface area (Å²) in [5, 5.41) is 8.36. The summed E-state index contributed by atoms with van der Waals surface area (Å²) >= 11 is 0. The summed E-state index contributed by atoms with van der Waals surface area (Å²) < 4.78 is 0.